The zero-order valence-corrected chi connectivity index (χ0v) is 15.2. The smallest absolute Gasteiger partial charge is 0.326 e. The van der Waals surface area contributed by atoms with Crippen molar-refractivity contribution in [1.82, 2.24) is 0 Å². The van der Waals surface area contributed by atoms with Gasteiger partial charge in [-0.1, -0.05) is 30.3 Å². The standard InChI is InChI=1S/C20H15F3N2O2S/c21-20(22,23)14-5-1-4-13(10-14)11-18(26)24-15-6-2-7-16(12-15)25-19(27)17-8-3-9-28-17/h1-10,12H,11H2,(H,24,26)(H,25,27). The summed E-state index contributed by atoms with van der Waals surface area (Å²) < 4.78 is 38.3. The van der Waals surface area contributed by atoms with Gasteiger partial charge in [0.2, 0.25) is 5.91 Å². The predicted molar refractivity (Wildman–Crippen MR) is 102 cm³/mol. The van der Waals surface area contributed by atoms with Gasteiger partial charge in [-0.3, -0.25) is 9.59 Å². The van der Waals surface area contributed by atoms with Crippen molar-refractivity contribution in [2.45, 2.75) is 12.6 Å². The van der Waals surface area contributed by atoms with Crippen molar-refractivity contribution in [2.75, 3.05) is 10.6 Å². The lowest BCUT2D eigenvalue weighted by molar-refractivity contribution is -0.137. The van der Waals surface area contributed by atoms with Crippen LogP contribution in [0.4, 0.5) is 24.5 Å². The third-order valence-corrected chi connectivity index (χ3v) is 4.64. The van der Waals surface area contributed by atoms with E-state index in [1.807, 2.05) is 0 Å². The summed E-state index contributed by atoms with van der Waals surface area (Å²) in [4.78, 5) is 24.8. The quantitative estimate of drug-likeness (QED) is 0.614. The fourth-order valence-corrected chi connectivity index (χ4v) is 3.14. The summed E-state index contributed by atoms with van der Waals surface area (Å²) in [5, 5.41) is 7.15. The zero-order chi connectivity index (χ0) is 20.1. The highest BCUT2D eigenvalue weighted by atomic mass is 32.1. The summed E-state index contributed by atoms with van der Waals surface area (Å²) in [6, 6.07) is 14.7. The van der Waals surface area contributed by atoms with Crippen LogP contribution in [0.25, 0.3) is 0 Å². The van der Waals surface area contributed by atoms with Crippen LogP contribution in [-0.2, 0) is 17.4 Å². The number of hydrogen-bond acceptors (Lipinski definition) is 3. The van der Waals surface area contributed by atoms with Crippen molar-refractivity contribution >= 4 is 34.5 Å². The average molecular weight is 404 g/mol. The van der Waals surface area contributed by atoms with Crippen molar-refractivity contribution in [3.63, 3.8) is 0 Å². The van der Waals surface area contributed by atoms with Gasteiger partial charge in [-0.15, -0.1) is 11.3 Å². The molecule has 3 aromatic rings. The Morgan fingerprint density at radius 1 is 0.893 bits per heavy atom. The normalized spacial score (nSPS) is 11.1. The maximum atomic E-state index is 12.8. The van der Waals surface area contributed by atoms with E-state index in [0.717, 1.165) is 12.1 Å². The number of thiophene rings is 1. The molecule has 2 amide bonds. The van der Waals surface area contributed by atoms with Crippen molar-refractivity contribution in [1.29, 1.82) is 0 Å². The Bertz CT molecular complexity index is 985. The summed E-state index contributed by atoms with van der Waals surface area (Å²) >= 11 is 1.31. The molecule has 0 fully saturated rings. The summed E-state index contributed by atoms with van der Waals surface area (Å²) in [5.74, 6) is -0.719. The lowest BCUT2D eigenvalue weighted by atomic mass is 10.1. The third-order valence-electron chi connectivity index (χ3n) is 3.77. The molecule has 0 atom stereocenters. The Kier molecular flexibility index (Phi) is 5.79. The number of hydrogen-bond donors (Lipinski definition) is 2. The van der Waals surface area contributed by atoms with Crippen molar-refractivity contribution in [2.24, 2.45) is 0 Å². The Morgan fingerprint density at radius 3 is 2.29 bits per heavy atom. The number of anilines is 2. The highest BCUT2D eigenvalue weighted by Crippen LogP contribution is 2.29. The molecule has 0 aliphatic rings. The van der Waals surface area contributed by atoms with Gasteiger partial charge in [-0.25, -0.2) is 0 Å². The molecule has 28 heavy (non-hydrogen) atoms. The minimum atomic E-state index is -4.46. The van der Waals surface area contributed by atoms with E-state index in [4.69, 9.17) is 0 Å². The first-order chi connectivity index (χ1) is 13.3. The first-order valence-electron chi connectivity index (χ1n) is 8.22. The molecule has 0 aliphatic carbocycles. The SMILES string of the molecule is O=C(Cc1cccc(C(F)(F)F)c1)Nc1cccc(NC(=O)c2cccs2)c1. The van der Waals surface area contributed by atoms with Gasteiger partial charge >= 0.3 is 6.18 Å². The fraction of sp³-hybridized carbons (Fsp3) is 0.100. The zero-order valence-electron chi connectivity index (χ0n) is 14.4. The Hall–Kier alpha value is -3.13. The molecule has 0 spiro atoms. The predicted octanol–water partition coefficient (Wildman–Crippen LogP) is 5.20. The van der Waals surface area contributed by atoms with Gasteiger partial charge in [-0.2, -0.15) is 13.2 Å². The highest BCUT2D eigenvalue weighted by molar-refractivity contribution is 7.12. The van der Waals surface area contributed by atoms with Gasteiger partial charge in [0.25, 0.3) is 5.91 Å². The van der Waals surface area contributed by atoms with Gasteiger partial charge in [-0.05, 0) is 41.3 Å². The number of nitrogens with one attached hydrogen (secondary N) is 2. The molecular formula is C20H15F3N2O2S. The van der Waals surface area contributed by atoms with Crippen LogP contribution in [0.5, 0.6) is 0 Å². The monoisotopic (exact) mass is 404 g/mol. The summed E-state index contributed by atoms with van der Waals surface area (Å²) in [5.41, 5.74) is 0.391. The Balaban J connectivity index is 1.64. The lowest BCUT2D eigenvalue weighted by Crippen LogP contribution is -2.15. The molecule has 0 bridgehead atoms. The molecule has 144 valence electrons. The second-order valence-corrected chi connectivity index (χ2v) is 6.88. The number of carbonyl (C=O) groups is 2. The summed E-state index contributed by atoms with van der Waals surface area (Å²) in [6.45, 7) is 0. The van der Waals surface area contributed by atoms with Gasteiger partial charge in [0.05, 0.1) is 16.9 Å². The first-order valence-corrected chi connectivity index (χ1v) is 9.10. The van der Waals surface area contributed by atoms with Crippen LogP contribution in [0.2, 0.25) is 0 Å². The van der Waals surface area contributed by atoms with E-state index in [2.05, 4.69) is 10.6 Å². The Labute approximate surface area is 163 Å². The Morgan fingerprint density at radius 2 is 1.61 bits per heavy atom. The highest BCUT2D eigenvalue weighted by Gasteiger charge is 2.30. The first kappa shape index (κ1) is 19.6. The molecule has 0 aliphatic heterocycles. The molecule has 3 rings (SSSR count). The van der Waals surface area contributed by atoms with Crippen LogP contribution in [0.1, 0.15) is 20.8 Å². The van der Waals surface area contributed by atoms with Gasteiger partial charge < -0.3 is 10.6 Å². The largest absolute Gasteiger partial charge is 0.416 e. The molecule has 0 radical (unpaired) electrons. The maximum Gasteiger partial charge on any atom is 0.416 e. The number of benzene rings is 2. The molecule has 0 saturated carbocycles. The van der Waals surface area contributed by atoms with Crippen molar-refractivity contribution < 1.29 is 22.8 Å². The number of amides is 2. The van der Waals surface area contributed by atoms with Crippen LogP contribution >= 0.6 is 11.3 Å². The minimum Gasteiger partial charge on any atom is -0.326 e. The number of rotatable bonds is 5. The van der Waals surface area contributed by atoms with Crippen LogP contribution in [0.15, 0.2) is 66.0 Å². The van der Waals surface area contributed by atoms with Gasteiger partial charge in [0, 0.05) is 11.4 Å². The fourth-order valence-electron chi connectivity index (χ4n) is 2.52. The molecule has 0 saturated heterocycles. The summed E-state index contributed by atoms with van der Waals surface area (Å²) in [7, 11) is 0. The van der Waals surface area contributed by atoms with Crippen LogP contribution < -0.4 is 10.6 Å². The van der Waals surface area contributed by atoms with E-state index in [0.29, 0.717) is 16.3 Å². The van der Waals surface area contributed by atoms with Gasteiger partial charge in [0.15, 0.2) is 0 Å². The second-order valence-electron chi connectivity index (χ2n) is 5.94. The van der Waals surface area contributed by atoms with E-state index in [9.17, 15) is 22.8 Å². The minimum absolute atomic E-state index is 0.199. The number of carbonyl (C=O) groups excluding carboxylic acids is 2. The molecule has 8 heteroatoms. The average Bonchev–Trinajstić information content (AvgIpc) is 3.16. The van der Waals surface area contributed by atoms with Crippen LogP contribution in [0.3, 0.4) is 0 Å². The second kappa shape index (κ2) is 8.26. The van der Waals surface area contributed by atoms with E-state index < -0.39 is 17.6 Å². The van der Waals surface area contributed by atoms with Gasteiger partial charge in [0.1, 0.15) is 0 Å². The molecule has 2 aromatic carbocycles. The number of halogens is 3. The van der Waals surface area contributed by atoms with E-state index in [-0.39, 0.29) is 17.9 Å². The molecular weight excluding hydrogens is 389 g/mol. The molecule has 1 heterocycles. The van der Waals surface area contributed by atoms with E-state index >= 15 is 0 Å². The summed E-state index contributed by atoms with van der Waals surface area (Å²) in [6.07, 6.45) is -4.66. The molecule has 4 nitrogen and oxygen atoms in total. The van der Waals surface area contributed by atoms with Crippen molar-refractivity contribution in [3.8, 4) is 0 Å². The molecule has 1 aromatic heterocycles. The topological polar surface area (TPSA) is 58.2 Å². The number of alkyl halides is 3. The maximum absolute atomic E-state index is 12.8. The lowest BCUT2D eigenvalue weighted by Gasteiger charge is -2.10. The van der Waals surface area contributed by atoms with Crippen LogP contribution in [0, 0.1) is 0 Å². The third kappa shape index (κ3) is 5.20. The molecule has 0 unspecified atom stereocenters. The molecule has 2 N–H and O–H groups in total. The van der Waals surface area contributed by atoms with E-state index in [1.165, 1.54) is 23.5 Å². The van der Waals surface area contributed by atoms with Crippen LogP contribution in [-0.4, -0.2) is 11.8 Å². The van der Waals surface area contributed by atoms with Crippen molar-refractivity contribution in [3.05, 3.63) is 82.0 Å². The van der Waals surface area contributed by atoms with E-state index in [1.54, 1.807) is 41.8 Å².